The molecule has 1 aliphatic carbocycles. The zero-order chi connectivity index (χ0) is 16.7. The van der Waals surface area contributed by atoms with Gasteiger partial charge in [0.2, 0.25) is 6.79 Å². The van der Waals surface area contributed by atoms with Crippen LogP contribution in [0, 0.1) is 0 Å². The summed E-state index contributed by atoms with van der Waals surface area (Å²) in [5.41, 5.74) is 3.18. The van der Waals surface area contributed by atoms with Crippen molar-refractivity contribution in [1.82, 2.24) is 0 Å². The molecule has 4 nitrogen and oxygen atoms in total. The van der Waals surface area contributed by atoms with Gasteiger partial charge in [-0.1, -0.05) is 22.0 Å². The molecular weight excluding hydrogens is 372 g/mol. The summed E-state index contributed by atoms with van der Waals surface area (Å²) in [5.74, 6) is 2.50. The normalized spacial score (nSPS) is 18.4. The molecule has 2 aromatic rings. The monoisotopic (exact) mass is 388 g/mol. The number of carbonyl (C=O) groups is 1. The van der Waals surface area contributed by atoms with Crippen LogP contribution in [-0.4, -0.2) is 19.2 Å². The highest BCUT2D eigenvalue weighted by Crippen LogP contribution is 2.45. The predicted octanol–water partition coefficient (Wildman–Crippen LogP) is 4.22. The molecular formula is C19H17BrO4. The van der Waals surface area contributed by atoms with E-state index in [0.29, 0.717) is 19.4 Å². The van der Waals surface area contributed by atoms with Gasteiger partial charge in [-0.15, -0.1) is 0 Å². The largest absolute Gasteiger partial charge is 0.494 e. The lowest BCUT2D eigenvalue weighted by Gasteiger charge is -2.27. The molecule has 2 aliphatic rings. The second-order valence-electron chi connectivity index (χ2n) is 5.99. The van der Waals surface area contributed by atoms with Crippen molar-refractivity contribution in [1.29, 1.82) is 0 Å². The Kier molecular flexibility index (Phi) is 3.96. The quantitative estimate of drug-likeness (QED) is 0.789. The van der Waals surface area contributed by atoms with E-state index in [2.05, 4.69) is 15.9 Å². The Morgan fingerprint density at radius 3 is 2.75 bits per heavy atom. The third-order valence-corrected chi connectivity index (χ3v) is 4.97. The van der Waals surface area contributed by atoms with Gasteiger partial charge in [0.15, 0.2) is 11.5 Å². The molecule has 24 heavy (non-hydrogen) atoms. The highest BCUT2D eigenvalue weighted by Gasteiger charge is 2.31. The van der Waals surface area contributed by atoms with Crippen molar-refractivity contribution < 1.29 is 19.0 Å². The Labute approximate surface area is 148 Å². The molecule has 0 aromatic heterocycles. The van der Waals surface area contributed by atoms with E-state index in [1.165, 1.54) is 0 Å². The summed E-state index contributed by atoms with van der Waals surface area (Å²) >= 11 is 3.49. The molecule has 1 aliphatic heterocycles. The van der Waals surface area contributed by atoms with Crippen LogP contribution in [0.1, 0.15) is 36.0 Å². The first-order valence-corrected chi connectivity index (χ1v) is 8.81. The Morgan fingerprint density at radius 2 is 1.96 bits per heavy atom. The molecule has 124 valence electrons. The van der Waals surface area contributed by atoms with Gasteiger partial charge in [0.1, 0.15) is 11.5 Å². The van der Waals surface area contributed by atoms with E-state index in [1.54, 1.807) is 0 Å². The highest BCUT2D eigenvalue weighted by molar-refractivity contribution is 9.10. The molecule has 5 heteroatoms. The Hall–Kier alpha value is -2.01. The van der Waals surface area contributed by atoms with Crippen LogP contribution in [0.2, 0.25) is 0 Å². The van der Waals surface area contributed by atoms with Crippen LogP contribution in [0.5, 0.6) is 17.2 Å². The van der Waals surface area contributed by atoms with Crippen LogP contribution in [0.4, 0.5) is 0 Å². The van der Waals surface area contributed by atoms with Gasteiger partial charge in [0.25, 0.3) is 0 Å². The number of hydrogen-bond donors (Lipinski definition) is 0. The van der Waals surface area contributed by atoms with Crippen molar-refractivity contribution in [2.45, 2.75) is 25.7 Å². The van der Waals surface area contributed by atoms with E-state index in [9.17, 15) is 4.79 Å². The lowest BCUT2D eigenvalue weighted by atomic mass is 9.78. The maximum atomic E-state index is 12.3. The van der Waals surface area contributed by atoms with E-state index >= 15 is 0 Å². The maximum absolute atomic E-state index is 12.3. The molecule has 0 bridgehead atoms. The average molecular weight is 389 g/mol. The zero-order valence-electron chi connectivity index (χ0n) is 13.3. The molecule has 0 amide bonds. The Balaban J connectivity index is 1.84. The van der Waals surface area contributed by atoms with Crippen LogP contribution >= 0.6 is 15.9 Å². The topological polar surface area (TPSA) is 44.8 Å². The number of carbonyl (C=O) groups excluding carboxylic acids is 1. The van der Waals surface area contributed by atoms with Crippen LogP contribution < -0.4 is 14.2 Å². The van der Waals surface area contributed by atoms with Crippen LogP contribution in [-0.2, 0) is 11.2 Å². The summed E-state index contributed by atoms with van der Waals surface area (Å²) < 4.78 is 17.8. The first-order valence-electron chi connectivity index (χ1n) is 8.02. The molecule has 0 saturated carbocycles. The van der Waals surface area contributed by atoms with E-state index in [1.807, 2.05) is 37.3 Å². The number of Topliss-reactive ketones (excluding diaryl/α,β-unsaturated/α-hetero) is 1. The van der Waals surface area contributed by atoms with E-state index in [-0.39, 0.29) is 18.5 Å². The second-order valence-corrected chi connectivity index (χ2v) is 6.91. The molecule has 1 unspecified atom stereocenters. The SMILES string of the molecule is CCOc1cc(Br)ccc1C1CC(=O)Cc2cc3c(cc21)OCO3. The van der Waals surface area contributed by atoms with Gasteiger partial charge in [0.05, 0.1) is 6.61 Å². The fraction of sp³-hybridized carbons (Fsp3) is 0.316. The third kappa shape index (κ3) is 2.67. The fourth-order valence-corrected chi connectivity index (χ4v) is 3.79. The number of ether oxygens (including phenoxy) is 3. The average Bonchev–Trinajstić information content (AvgIpc) is 3.00. The second kappa shape index (κ2) is 6.13. The van der Waals surface area contributed by atoms with Crippen molar-refractivity contribution in [2.75, 3.05) is 13.4 Å². The smallest absolute Gasteiger partial charge is 0.231 e. The van der Waals surface area contributed by atoms with Crippen molar-refractivity contribution in [2.24, 2.45) is 0 Å². The minimum atomic E-state index is -0.0228. The van der Waals surface area contributed by atoms with Crippen LogP contribution in [0.25, 0.3) is 0 Å². The molecule has 0 N–H and O–H groups in total. The van der Waals surface area contributed by atoms with Gasteiger partial charge in [-0.2, -0.15) is 0 Å². The number of rotatable bonds is 3. The van der Waals surface area contributed by atoms with Crippen molar-refractivity contribution >= 4 is 21.7 Å². The Bertz CT molecular complexity index is 815. The molecule has 0 saturated heterocycles. The summed E-state index contributed by atoms with van der Waals surface area (Å²) in [6.07, 6.45) is 0.928. The number of halogens is 1. The number of fused-ring (bicyclic) bond motifs is 2. The van der Waals surface area contributed by atoms with E-state index < -0.39 is 0 Å². The highest BCUT2D eigenvalue weighted by atomic mass is 79.9. The van der Waals surface area contributed by atoms with Gasteiger partial charge in [-0.05, 0) is 42.3 Å². The molecule has 0 radical (unpaired) electrons. The van der Waals surface area contributed by atoms with Crippen molar-refractivity contribution in [3.05, 3.63) is 51.5 Å². The van der Waals surface area contributed by atoms with Gasteiger partial charge >= 0.3 is 0 Å². The van der Waals surface area contributed by atoms with E-state index in [4.69, 9.17) is 14.2 Å². The minimum Gasteiger partial charge on any atom is -0.494 e. The van der Waals surface area contributed by atoms with Crippen molar-refractivity contribution in [3.8, 4) is 17.2 Å². The van der Waals surface area contributed by atoms with E-state index in [0.717, 1.165) is 38.4 Å². The fourth-order valence-electron chi connectivity index (χ4n) is 3.45. The number of ketones is 1. The number of benzene rings is 2. The van der Waals surface area contributed by atoms with Gasteiger partial charge in [-0.3, -0.25) is 4.79 Å². The lowest BCUT2D eigenvalue weighted by molar-refractivity contribution is -0.119. The van der Waals surface area contributed by atoms with Crippen molar-refractivity contribution in [3.63, 3.8) is 0 Å². The molecule has 1 heterocycles. The molecule has 1 atom stereocenters. The van der Waals surface area contributed by atoms with Crippen LogP contribution in [0.3, 0.4) is 0 Å². The van der Waals surface area contributed by atoms with Gasteiger partial charge < -0.3 is 14.2 Å². The van der Waals surface area contributed by atoms with Crippen LogP contribution in [0.15, 0.2) is 34.8 Å². The number of hydrogen-bond acceptors (Lipinski definition) is 4. The summed E-state index contributed by atoms with van der Waals surface area (Å²) in [4.78, 5) is 12.3. The summed E-state index contributed by atoms with van der Waals surface area (Å²) in [7, 11) is 0. The zero-order valence-corrected chi connectivity index (χ0v) is 14.9. The van der Waals surface area contributed by atoms with Gasteiger partial charge in [0, 0.05) is 28.8 Å². The Morgan fingerprint density at radius 1 is 1.17 bits per heavy atom. The van der Waals surface area contributed by atoms with Gasteiger partial charge in [-0.25, -0.2) is 0 Å². The molecule has 4 rings (SSSR count). The molecule has 2 aromatic carbocycles. The first-order chi connectivity index (χ1) is 11.7. The summed E-state index contributed by atoms with van der Waals surface area (Å²) in [6.45, 7) is 2.78. The minimum absolute atomic E-state index is 0.0228. The lowest BCUT2D eigenvalue weighted by Crippen LogP contribution is -2.20. The summed E-state index contributed by atoms with van der Waals surface area (Å²) in [6, 6.07) is 9.95. The molecule has 0 spiro atoms. The standard InChI is InChI=1S/C19H17BrO4/c1-2-22-17-7-12(20)3-4-14(17)16-8-13(21)5-11-6-18-19(9-15(11)16)24-10-23-18/h3-4,6-7,9,16H,2,5,8,10H2,1H3. The predicted molar refractivity (Wildman–Crippen MR) is 93.0 cm³/mol. The summed E-state index contributed by atoms with van der Waals surface area (Å²) in [5, 5.41) is 0. The maximum Gasteiger partial charge on any atom is 0.231 e. The first kappa shape index (κ1) is 15.5. The third-order valence-electron chi connectivity index (χ3n) is 4.48. The molecule has 0 fully saturated rings.